The third-order valence-corrected chi connectivity index (χ3v) is 5.35. The first-order valence-corrected chi connectivity index (χ1v) is 9.32. The number of carbonyl (C=O) groups is 1. The largest absolute Gasteiger partial charge is 0.335 e. The minimum atomic E-state index is 0.0385. The molecule has 4 nitrogen and oxygen atoms in total. The molecule has 1 unspecified atom stereocenters. The lowest BCUT2D eigenvalue weighted by molar-refractivity contribution is -0.907. The third-order valence-electron chi connectivity index (χ3n) is 5.35. The van der Waals surface area contributed by atoms with E-state index >= 15 is 0 Å². The molecular formula is C20H34N3O+. The lowest BCUT2D eigenvalue weighted by atomic mass is 10.0. The van der Waals surface area contributed by atoms with Crippen molar-refractivity contribution in [1.29, 1.82) is 0 Å². The number of quaternary nitrogens is 1. The summed E-state index contributed by atoms with van der Waals surface area (Å²) in [5, 5.41) is 3.04. The van der Waals surface area contributed by atoms with E-state index in [2.05, 4.69) is 46.1 Å². The minimum Gasteiger partial charge on any atom is -0.335 e. The summed E-state index contributed by atoms with van der Waals surface area (Å²) in [6, 6.07) is 6.82. The quantitative estimate of drug-likeness (QED) is 0.855. The average molecular weight is 333 g/mol. The van der Waals surface area contributed by atoms with Gasteiger partial charge in [0.1, 0.15) is 0 Å². The van der Waals surface area contributed by atoms with Crippen molar-refractivity contribution in [3.8, 4) is 0 Å². The van der Waals surface area contributed by atoms with Crippen LogP contribution in [0, 0.1) is 19.8 Å². The SMILES string of the molecule is Cc1ccc(NC(=O)N2CCC([NH+](C)CCC(C)C)CC2)cc1C. The molecule has 1 aromatic carbocycles. The first kappa shape index (κ1) is 18.8. The van der Waals surface area contributed by atoms with Crippen LogP contribution in [0.25, 0.3) is 0 Å². The van der Waals surface area contributed by atoms with Gasteiger partial charge in [0, 0.05) is 31.6 Å². The van der Waals surface area contributed by atoms with Gasteiger partial charge in [-0.15, -0.1) is 0 Å². The number of piperidine rings is 1. The molecule has 134 valence electrons. The monoisotopic (exact) mass is 332 g/mol. The fourth-order valence-corrected chi connectivity index (χ4v) is 3.32. The van der Waals surface area contributed by atoms with Gasteiger partial charge in [-0.2, -0.15) is 0 Å². The number of likely N-dealkylation sites (tertiary alicyclic amines) is 1. The van der Waals surface area contributed by atoms with Crippen LogP contribution in [0.2, 0.25) is 0 Å². The van der Waals surface area contributed by atoms with Crippen molar-refractivity contribution in [3.63, 3.8) is 0 Å². The molecule has 1 aliphatic rings. The second kappa shape index (κ2) is 8.52. The Morgan fingerprint density at radius 3 is 2.50 bits per heavy atom. The van der Waals surface area contributed by atoms with Crippen molar-refractivity contribution in [2.24, 2.45) is 5.92 Å². The molecule has 2 amide bonds. The molecule has 1 saturated heterocycles. The van der Waals surface area contributed by atoms with E-state index in [1.54, 1.807) is 4.90 Å². The summed E-state index contributed by atoms with van der Waals surface area (Å²) in [6.45, 7) is 11.7. The summed E-state index contributed by atoms with van der Waals surface area (Å²) < 4.78 is 0. The van der Waals surface area contributed by atoms with E-state index in [0.717, 1.165) is 37.5 Å². The maximum Gasteiger partial charge on any atom is 0.321 e. The fraction of sp³-hybridized carbons (Fsp3) is 0.650. The molecule has 1 atom stereocenters. The molecule has 1 fully saturated rings. The number of carbonyl (C=O) groups excluding carboxylic acids is 1. The smallest absolute Gasteiger partial charge is 0.321 e. The topological polar surface area (TPSA) is 36.8 Å². The van der Waals surface area contributed by atoms with Crippen molar-refractivity contribution < 1.29 is 9.69 Å². The summed E-state index contributed by atoms with van der Waals surface area (Å²) in [5.41, 5.74) is 3.35. The molecular weight excluding hydrogens is 298 g/mol. The molecule has 0 radical (unpaired) electrons. The van der Waals surface area contributed by atoms with Crippen LogP contribution < -0.4 is 10.2 Å². The highest BCUT2D eigenvalue weighted by atomic mass is 16.2. The second-order valence-electron chi connectivity index (χ2n) is 7.77. The molecule has 0 bridgehead atoms. The highest BCUT2D eigenvalue weighted by Gasteiger charge is 2.27. The van der Waals surface area contributed by atoms with Crippen LogP contribution in [-0.2, 0) is 0 Å². The third kappa shape index (κ3) is 5.23. The van der Waals surface area contributed by atoms with Gasteiger partial charge >= 0.3 is 6.03 Å². The van der Waals surface area contributed by atoms with Gasteiger partial charge in [-0.25, -0.2) is 4.79 Å². The number of nitrogens with one attached hydrogen (secondary N) is 2. The van der Waals surface area contributed by atoms with Crippen molar-refractivity contribution in [2.75, 3.05) is 32.0 Å². The Kier molecular flexibility index (Phi) is 6.67. The maximum atomic E-state index is 12.5. The summed E-state index contributed by atoms with van der Waals surface area (Å²) in [7, 11) is 2.30. The molecule has 0 spiro atoms. The molecule has 2 N–H and O–H groups in total. The fourth-order valence-electron chi connectivity index (χ4n) is 3.32. The lowest BCUT2D eigenvalue weighted by Crippen LogP contribution is -3.13. The summed E-state index contributed by atoms with van der Waals surface area (Å²) in [6.07, 6.45) is 3.48. The zero-order valence-corrected chi connectivity index (χ0v) is 16.0. The van der Waals surface area contributed by atoms with E-state index in [1.165, 1.54) is 24.1 Å². The summed E-state index contributed by atoms with van der Waals surface area (Å²) >= 11 is 0. The van der Waals surface area contributed by atoms with E-state index in [9.17, 15) is 4.79 Å². The molecule has 0 aromatic heterocycles. The van der Waals surface area contributed by atoms with Crippen LogP contribution in [0.5, 0.6) is 0 Å². The standard InChI is InChI=1S/C20H33N3O/c1-15(2)8-11-22(5)19-9-12-23(13-10-19)20(24)21-18-7-6-16(3)17(4)14-18/h6-7,14-15,19H,8-13H2,1-5H3,(H,21,24)/p+1. The van der Waals surface area contributed by atoms with Crippen LogP contribution in [0.3, 0.4) is 0 Å². The van der Waals surface area contributed by atoms with Gasteiger partial charge in [0.15, 0.2) is 0 Å². The molecule has 0 saturated carbocycles. The van der Waals surface area contributed by atoms with Gasteiger partial charge in [0.2, 0.25) is 0 Å². The van der Waals surface area contributed by atoms with Crippen LogP contribution in [0.15, 0.2) is 18.2 Å². The molecule has 2 rings (SSSR count). The van der Waals surface area contributed by atoms with Crippen LogP contribution in [0.4, 0.5) is 10.5 Å². The summed E-state index contributed by atoms with van der Waals surface area (Å²) in [5.74, 6) is 0.767. The van der Waals surface area contributed by atoms with E-state index in [1.807, 2.05) is 17.0 Å². The van der Waals surface area contributed by atoms with Gasteiger partial charge < -0.3 is 15.1 Å². The van der Waals surface area contributed by atoms with Gasteiger partial charge in [0.25, 0.3) is 0 Å². The number of benzene rings is 1. The number of urea groups is 1. The van der Waals surface area contributed by atoms with Gasteiger partial charge in [0.05, 0.1) is 19.6 Å². The van der Waals surface area contributed by atoms with Gasteiger partial charge in [-0.05, 0) is 49.4 Å². The zero-order valence-electron chi connectivity index (χ0n) is 16.0. The highest BCUT2D eigenvalue weighted by Crippen LogP contribution is 2.16. The Labute approximate surface area is 147 Å². The van der Waals surface area contributed by atoms with Crippen molar-refractivity contribution in [3.05, 3.63) is 29.3 Å². The van der Waals surface area contributed by atoms with Crippen molar-refractivity contribution in [1.82, 2.24) is 4.90 Å². The van der Waals surface area contributed by atoms with E-state index in [0.29, 0.717) is 6.04 Å². The number of amides is 2. The van der Waals surface area contributed by atoms with Crippen molar-refractivity contribution >= 4 is 11.7 Å². The second-order valence-corrected chi connectivity index (χ2v) is 7.77. The Balaban J connectivity index is 1.80. The molecule has 1 heterocycles. The van der Waals surface area contributed by atoms with E-state index in [-0.39, 0.29) is 6.03 Å². The number of anilines is 1. The Morgan fingerprint density at radius 1 is 1.25 bits per heavy atom. The maximum absolute atomic E-state index is 12.5. The Bertz CT molecular complexity index is 548. The van der Waals surface area contributed by atoms with Crippen LogP contribution >= 0.6 is 0 Å². The number of nitrogens with zero attached hydrogens (tertiary/aromatic N) is 1. The molecule has 0 aliphatic carbocycles. The van der Waals surface area contributed by atoms with Gasteiger partial charge in [-0.1, -0.05) is 19.9 Å². The lowest BCUT2D eigenvalue weighted by Gasteiger charge is -2.34. The number of aryl methyl sites for hydroxylation is 2. The number of hydrogen-bond donors (Lipinski definition) is 2. The normalized spacial score (nSPS) is 17.2. The predicted molar refractivity (Wildman–Crippen MR) is 101 cm³/mol. The minimum absolute atomic E-state index is 0.0385. The van der Waals surface area contributed by atoms with E-state index < -0.39 is 0 Å². The van der Waals surface area contributed by atoms with Crippen LogP contribution in [0.1, 0.15) is 44.2 Å². The molecule has 4 heteroatoms. The molecule has 1 aliphatic heterocycles. The van der Waals surface area contributed by atoms with Gasteiger partial charge in [-0.3, -0.25) is 0 Å². The first-order chi connectivity index (χ1) is 11.4. The highest BCUT2D eigenvalue weighted by molar-refractivity contribution is 5.89. The molecule has 1 aromatic rings. The molecule has 24 heavy (non-hydrogen) atoms. The zero-order chi connectivity index (χ0) is 17.7. The Hall–Kier alpha value is -1.55. The van der Waals surface area contributed by atoms with Crippen LogP contribution in [-0.4, -0.2) is 43.7 Å². The summed E-state index contributed by atoms with van der Waals surface area (Å²) in [4.78, 5) is 16.0. The first-order valence-electron chi connectivity index (χ1n) is 9.32. The van der Waals surface area contributed by atoms with E-state index in [4.69, 9.17) is 0 Å². The predicted octanol–water partition coefficient (Wildman–Crippen LogP) is 2.86. The number of hydrogen-bond acceptors (Lipinski definition) is 1. The van der Waals surface area contributed by atoms with Crippen molar-refractivity contribution in [2.45, 2.75) is 53.0 Å². The number of rotatable bonds is 5. The average Bonchev–Trinajstić information content (AvgIpc) is 2.56. The Morgan fingerprint density at radius 2 is 1.92 bits per heavy atom.